The van der Waals surface area contributed by atoms with Crippen molar-refractivity contribution in [2.45, 2.75) is 13.8 Å². The second-order valence-corrected chi connectivity index (χ2v) is 5.59. The number of aromatic amines is 1. The van der Waals surface area contributed by atoms with Gasteiger partial charge in [0.15, 0.2) is 5.82 Å². The highest BCUT2D eigenvalue weighted by atomic mass is 32.1. The van der Waals surface area contributed by atoms with Gasteiger partial charge in [-0.3, -0.25) is 9.89 Å². The molecule has 0 aliphatic heterocycles. The minimum Gasteiger partial charge on any atom is -0.321 e. The number of aromatic nitrogens is 4. The molecule has 21 heavy (non-hydrogen) atoms. The van der Waals surface area contributed by atoms with Gasteiger partial charge in [0.05, 0.1) is 5.01 Å². The Bertz CT molecular complexity index is 792. The lowest BCUT2D eigenvalue weighted by molar-refractivity contribution is 0.102. The second-order valence-electron chi connectivity index (χ2n) is 4.53. The van der Waals surface area contributed by atoms with E-state index >= 15 is 0 Å². The average molecular weight is 299 g/mol. The summed E-state index contributed by atoms with van der Waals surface area (Å²) >= 11 is 1.45. The van der Waals surface area contributed by atoms with Gasteiger partial charge in [-0.25, -0.2) is 9.97 Å². The lowest BCUT2D eigenvalue weighted by Crippen LogP contribution is -2.12. The molecule has 2 heterocycles. The van der Waals surface area contributed by atoms with Crippen molar-refractivity contribution < 1.29 is 4.79 Å². The first-order valence-corrected chi connectivity index (χ1v) is 7.23. The molecule has 0 unspecified atom stereocenters. The van der Waals surface area contributed by atoms with Crippen LogP contribution in [-0.4, -0.2) is 26.1 Å². The number of hydrogen-bond acceptors (Lipinski definition) is 5. The summed E-state index contributed by atoms with van der Waals surface area (Å²) in [4.78, 5) is 20.5. The van der Waals surface area contributed by atoms with Crippen molar-refractivity contribution >= 4 is 22.9 Å². The smallest absolute Gasteiger partial charge is 0.275 e. The van der Waals surface area contributed by atoms with E-state index in [1.54, 1.807) is 5.38 Å². The molecule has 3 aromatic rings. The van der Waals surface area contributed by atoms with Crippen LogP contribution in [0.5, 0.6) is 0 Å². The highest BCUT2D eigenvalue weighted by molar-refractivity contribution is 7.09. The van der Waals surface area contributed by atoms with Gasteiger partial charge in [-0.15, -0.1) is 11.3 Å². The topological polar surface area (TPSA) is 83.6 Å². The van der Waals surface area contributed by atoms with E-state index in [4.69, 9.17) is 0 Å². The molecule has 0 spiro atoms. The molecule has 0 aliphatic rings. The molecule has 0 aliphatic carbocycles. The third-order valence-corrected chi connectivity index (χ3v) is 3.60. The second kappa shape index (κ2) is 5.45. The van der Waals surface area contributed by atoms with E-state index in [0.29, 0.717) is 17.2 Å². The summed E-state index contributed by atoms with van der Waals surface area (Å²) in [6.07, 6.45) is 0. The number of benzene rings is 1. The highest BCUT2D eigenvalue weighted by Crippen LogP contribution is 2.20. The van der Waals surface area contributed by atoms with Gasteiger partial charge < -0.3 is 5.32 Å². The first-order chi connectivity index (χ1) is 10.1. The van der Waals surface area contributed by atoms with Crippen LogP contribution in [0.2, 0.25) is 0 Å². The van der Waals surface area contributed by atoms with E-state index in [1.165, 1.54) is 11.3 Å². The van der Waals surface area contributed by atoms with Gasteiger partial charge in [-0.2, -0.15) is 5.10 Å². The maximum atomic E-state index is 12.1. The van der Waals surface area contributed by atoms with Crippen LogP contribution < -0.4 is 5.32 Å². The van der Waals surface area contributed by atoms with Crippen molar-refractivity contribution in [3.63, 3.8) is 0 Å². The predicted octanol–water partition coefficient (Wildman–Crippen LogP) is 2.80. The Hall–Kier alpha value is -2.54. The molecule has 106 valence electrons. The molecular weight excluding hydrogens is 286 g/mol. The van der Waals surface area contributed by atoms with Crippen molar-refractivity contribution in [1.82, 2.24) is 20.2 Å². The Morgan fingerprint density at radius 3 is 2.81 bits per heavy atom. The third-order valence-electron chi connectivity index (χ3n) is 2.83. The van der Waals surface area contributed by atoms with Crippen molar-refractivity contribution in [2.75, 3.05) is 5.32 Å². The number of nitrogens with one attached hydrogen (secondary N) is 2. The van der Waals surface area contributed by atoms with Crippen molar-refractivity contribution in [1.29, 1.82) is 0 Å². The lowest BCUT2D eigenvalue weighted by Gasteiger charge is -2.04. The molecule has 0 bridgehead atoms. The van der Waals surface area contributed by atoms with Gasteiger partial charge in [0.25, 0.3) is 5.91 Å². The summed E-state index contributed by atoms with van der Waals surface area (Å²) < 4.78 is 0. The third kappa shape index (κ3) is 2.97. The normalized spacial score (nSPS) is 10.6. The van der Waals surface area contributed by atoms with Gasteiger partial charge in [-0.1, -0.05) is 12.1 Å². The Morgan fingerprint density at radius 1 is 1.29 bits per heavy atom. The van der Waals surface area contributed by atoms with Crippen LogP contribution >= 0.6 is 11.3 Å². The standard InChI is InChI=1S/C14H13N5OS/c1-8-15-13(19-18-8)10-4-3-5-11(6-10)17-14(20)12-7-21-9(2)16-12/h3-7H,1-2H3,(H,17,20)(H,15,18,19). The van der Waals surface area contributed by atoms with Crippen molar-refractivity contribution in [2.24, 2.45) is 0 Å². The molecule has 0 saturated carbocycles. The molecule has 3 rings (SSSR count). The molecule has 0 fully saturated rings. The molecule has 7 heteroatoms. The van der Waals surface area contributed by atoms with E-state index in [0.717, 1.165) is 16.4 Å². The van der Waals surface area contributed by atoms with Crippen LogP contribution in [-0.2, 0) is 0 Å². The number of thiazole rings is 1. The van der Waals surface area contributed by atoms with Crippen LogP contribution in [0.3, 0.4) is 0 Å². The Balaban J connectivity index is 1.82. The largest absolute Gasteiger partial charge is 0.321 e. The Kier molecular flexibility index (Phi) is 3.49. The SMILES string of the molecule is Cc1nc(-c2cccc(NC(=O)c3csc(C)n3)c2)n[nH]1. The van der Waals surface area contributed by atoms with Crippen LogP contribution in [0, 0.1) is 13.8 Å². The van der Waals surface area contributed by atoms with E-state index in [9.17, 15) is 4.79 Å². The van der Waals surface area contributed by atoms with Crippen LogP contribution in [0.1, 0.15) is 21.3 Å². The van der Waals surface area contributed by atoms with Gasteiger partial charge in [0.1, 0.15) is 11.5 Å². The minimum atomic E-state index is -0.220. The van der Waals surface area contributed by atoms with Crippen molar-refractivity contribution in [3.8, 4) is 11.4 Å². The summed E-state index contributed by atoms with van der Waals surface area (Å²) in [5.41, 5.74) is 1.95. The summed E-state index contributed by atoms with van der Waals surface area (Å²) in [6, 6.07) is 7.40. The zero-order valence-electron chi connectivity index (χ0n) is 11.5. The fourth-order valence-electron chi connectivity index (χ4n) is 1.87. The first-order valence-electron chi connectivity index (χ1n) is 6.35. The van der Waals surface area contributed by atoms with E-state index in [1.807, 2.05) is 38.1 Å². The zero-order valence-corrected chi connectivity index (χ0v) is 12.4. The van der Waals surface area contributed by atoms with Gasteiger partial charge in [0, 0.05) is 16.6 Å². The van der Waals surface area contributed by atoms with Crippen LogP contribution in [0.25, 0.3) is 11.4 Å². The monoisotopic (exact) mass is 299 g/mol. The van der Waals surface area contributed by atoms with Crippen molar-refractivity contribution in [3.05, 3.63) is 46.2 Å². The summed E-state index contributed by atoms with van der Waals surface area (Å²) in [5.74, 6) is 1.13. The predicted molar refractivity (Wildman–Crippen MR) is 81.4 cm³/mol. The fourth-order valence-corrected chi connectivity index (χ4v) is 2.46. The molecule has 0 saturated heterocycles. The minimum absolute atomic E-state index is 0.220. The maximum Gasteiger partial charge on any atom is 0.275 e. The first kappa shape index (κ1) is 13.4. The number of nitrogens with zero attached hydrogens (tertiary/aromatic N) is 3. The summed E-state index contributed by atoms with van der Waals surface area (Å²) in [5, 5.41) is 12.3. The molecular formula is C14H13N5OS. The fraction of sp³-hybridized carbons (Fsp3) is 0.143. The van der Waals surface area contributed by atoms with E-state index < -0.39 is 0 Å². The molecule has 1 aromatic carbocycles. The maximum absolute atomic E-state index is 12.1. The Morgan fingerprint density at radius 2 is 2.14 bits per heavy atom. The number of carbonyl (C=O) groups is 1. The number of anilines is 1. The number of carbonyl (C=O) groups excluding carboxylic acids is 1. The number of H-pyrrole nitrogens is 1. The lowest BCUT2D eigenvalue weighted by atomic mass is 10.2. The van der Waals surface area contributed by atoms with E-state index in [2.05, 4.69) is 25.5 Å². The number of hydrogen-bond donors (Lipinski definition) is 2. The average Bonchev–Trinajstić information content (AvgIpc) is 3.08. The number of amides is 1. The molecule has 0 atom stereocenters. The molecule has 2 N–H and O–H groups in total. The number of aryl methyl sites for hydroxylation is 2. The van der Waals surface area contributed by atoms with Crippen LogP contribution in [0.4, 0.5) is 5.69 Å². The van der Waals surface area contributed by atoms with Gasteiger partial charge in [0.2, 0.25) is 0 Å². The van der Waals surface area contributed by atoms with Crippen LogP contribution in [0.15, 0.2) is 29.6 Å². The summed E-state index contributed by atoms with van der Waals surface area (Å²) in [7, 11) is 0. The summed E-state index contributed by atoms with van der Waals surface area (Å²) in [6.45, 7) is 3.71. The molecule has 6 nitrogen and oxygen atoms in total. The van der Waals surface area contributed by atoms with Gasteiger partial charge in [-0.05, 0) is 26.0 Å². The Labute approximate surface area is 125 Å². The highest BCUT2D eigenvalue weighted by Gasteiger charge is 2.10. The molecule has 0 radical (unpaired) electrons. The quantitative estimate of drug-likeness (QED) is 0.779. The van der Waals surface area contributed by atoms with E-state index in [-0.39, 0.29) is 5.91 Å². The zero-order chi connectivity index (χ0) is 14.8. The molecule has 1 amide bonds. The van der Waals surface area contributed by atoms with Gasteiger partial charge >= 0.3 is 0 Å². The molecule has 2 aromatic heterocycles. The number of rotatable bonds is 3.